The van der Waals surface area contributed by atoms with Crippen LogP contribution >= 0.6 is 23.2 Å². The molecule has 36 heavy (non-hydrogen) atoms. The second-order valence-electron chi connectivity index (χ2n) is 8.18. The number of rotatable bonds is 9. The fourth-order valence-electron chi connectivity index (χ4n) is 3.23. The van der Waals surface area contributed by atoms with E-state index < -0.39 is 17.9 Å². The first-order chi connectivity index (χ1) is 17.3. The SMILES string of the molecule is CC(C)C(NC(=O)c1ccc(Cl)cc1Cl)C(=O)NN=Cc1ccc(OCc2ccccc2C#N)cc1. The zero-order chi connectivity index (χ0) is 26.1. The number of hydrogen-bond acceptors (Lipinski definition) is 5. The second kappa shape index (κ2) is 12.7. The molecule has 0 radical (unpaired) electrons. The van der Waals surface area contributed by atoms with Crippen molar-refractivity contribution < 1.29 is 14.3 Å². The monoisotopic (exact) mass is 522 g/mol. The van der Waals surface area contributed by atoms with Gasteiger partial charge in [-0.25, -0.2) is 5.43 Å². The molecule has 0 aliphatic carbocycles. The molecular formula is C27H24Cl2N4O3. The number of amides is 2. The summed E-state index contributed by atoms with van der Waals surface area (Å²) in [5.41, 5.74) is 4.80. The van der Waals surface area contributed by atoms with Gasteiger partial charge in [-0.05, 0) is 60.0 Å². The predicted molar refractivity (Wildman–Crippen MR) is 140 cm³/mol. The number of benzene rings is 3. The Morgan fingerprint density at radius 2 is 1.81 bits per heavy atom. The molecule has 2 N–H and O–H groups in total. The molecule has 0 aliphatic heterocycles. The molecule has 2 amide bonds. The summed E-state index contributed by atoms with van der Waals surface area (Å²) in [6.45, 7) is 3.90. The van der Waals surface area contributed by atoms with Crippen molar-refractivity contribution in [3.63, 3.8) is 0 Å². The van der Waals surface area contributed by atoms with Crippen molar-refractivity contribution in [1.82, 2.24) is 10.7 Å². The number of nitrogens with one attached hydrogen (secondary N) is 2. The Kier molecular flexibility index (Phi) is 9.46. The van der Waals surface area contributed by atoms with Gasteiger partial charge in [0, 0.05) is 10.6 Å². The van der Waals surface area contributed by atoms with Gasteiger partial charge in [0.1, 0.15) is 18.4 Å². The van der Waals surface area contributed by atoms with Crippen LogP contribution in [0.15, 0.2) is 71.8 Å². The molecule has 0 aliphatic rings. The highest BCUT2D eigenvalue weighted by Crippen LogP contribution is 2.21. The molecule has 1 atom stereocenters. The number of ether oxygens (including phenoxy) is 1. The molecule has 9 heteroatoms. The maximum atomic E-state index is 12.7. The van der Waals surface area contributed by atoms with E-state index in [9.17, 15) is 14.9 Å². The number of hydrazone groups is 1. The van der Waals surface area contributed by atoms with Gasteiger partial charge in [-0.1, -0.05) is 55.2 Å². The third-order valence-corrected chi connectivity index (χ3v) is 5.76. The first kappa shape index (κ1) is 26.7. The predicted octanol–water partition coefficient (Wildman–Crippen LogP) is 5.35. The Balaban J connectivity index is 1.56. The smallest absolute Gasteiger partial charge is 0.262 e. The van der Waals surface area contributed by atoms with E-state index in [4.69, 9.17) is 27.9 Å². The topological polar surface area (TPSA) is 104 Å². The molecule has 0 heterocycles. The van der Waals surface area contributed by atoms with Gasteiger partial charge in [0.15, 0.2) is 0 Å². The van der Waals surface area contributed by atoms with Crippen LogP contribution in [0.5, 0.6) is 5.75 Å². The highest BCUT2D eigenvalue weighted by molar-refractivity contribution is 6.36. The highest BCUT2D eigenvalue weighted by atomic mass is 35.5. The molecule has 3 rings (SSSR count). The lowest BCUT2D eigenvalue weighted by Gasteiger charge is -2.20. The Hall–Kier alpha value is -3.86. The van der Waals surface area contributed by atoms with Gasteiger partial charge < -0.3 is 10.1 Å². The van der Waals surface area contributed by atoms with E-state index in [0.29, 0.717) is 16.3 Å². The van der Waals surface area contributed by atoms with Crippen LogP contribution in [0.3, 0.4) is 0 Å². The minimum atomic E-state index is -0.826. The van der Waals surface area contributed by atoms with E-state index in [-0.39, 0.29) is 23.1 Å². The van der Waals surface area contributed by atoms with Crippen molar-refractivity contribution in [3.8, 4) is 11.8 Å². The standard InChI is InChI=1S/C27H24Cl2N4O3/c1-17(2)25(32-26(34)23-12-9-21(28)13-24(23)29)27(35)33-31-15-18-7-10-22(11-8-18)36-16-20-6-4-3-5-19(20)14-30/h3-13,15,17,25H,16H2,1-2H3,(H,32,34)(H,33,35). The molecule has 0 aromatic heterocycles. The summed E-state index contributed by atoms with van der Waals surface area (Å²) in [4.78, 5) is 25.3. The molecule has 0 saturated carbocycles. The molecule has 1 unspecified atom stereocenters. The van der Waals surface area contributed by atoms with Crippen molar-refractivity contribution >= 4 is 41.2 Å². The average Bonchev–Trinajstić information content (AvgIpc) is 2.86. The summed E-state index contributed by atoms with van der Waals surface area (Å²) in [7, 11) is 0. The van der Waals surface area contributed by atoms with E-state index in [1.807, 2.05) is 32.0 Å². The van der Waals surface area contributed by atoms with Gasteiger partial charge in [-0.15, -0.1) is 0 Å². The van der Waals surface area contributed by atoms with Crippen molar-refractivity contribution in [1.29, 1.82) is 5.26 Å². The van der Waals surface area contributed by atoms with Gasteiger partial charge in [0.25, 0.3) is 11.8 Å². The number of carbonyl (C=O) groups excluding carboxylic acids is 2. The maximum absolute atomic E-state index is 12.7. The molecule has 0 bridgehead atoms. The van der Waals surface area contributed by atoms with Gasteiger partial charge in [0.2, 0.25) is 0 Å². The van der Waals surface area contributed by atoms with Crippen molar-refractivity contribution in [2.75, 3.05) is 0 Å². The summed E-state index contributed by atoms with van der Waals surface area (Å²) in [6.07, 6.45) is 1.49. The zero-order valence-electron chi connectivity index (χ0n) is 19.7. The number of nitrogens with zero attached hydrogens (tertiary/aromatic N) is 2. The summed E-state index contributed by atoms with van der Waals surface area (Å²) in [6, 6.07) is 20.2. The van der Waals surface area contributed by atoms with Crippen LogP contribution in [0.4, 0.5) is 0 Å². The molecular weight excluding hydrogens is 499 g/mol. The Morgan fingerprint density at radius 1 is 1.08 bits per heavy atom. The third-order valence-electron chi connectivity index (χ3n) is 5.21. The Bertz CT molecular complexity index is 1300. The number of hydrogen-bond donors (Lipinski definition) is 2. The molecule has 3 aromatic rings. The highest BCUT2D eigenvalue weighted by Gasteiger charge is 2.25. The first-order valence-electron chi connectivity index (χ1n) is 11.1. The minimum absolute atomic E-state index is 0.196. The summed E-state index contributed by atoms with van der Waals surface area (Å²) < 4.78 is 5.76. The summed E-state index contributed by atoms with van der Waals surface area (Å²) in [5, 5.41) is 16.5. The van der Waals surface area contributed by atoms with E-state index in [0.717, 1.165) is 11.1 Å². The molecule has 0 spiro atoms. The van der Waals surface area contributed by atoms with Gasteiger partial charge in [-0.2, -0.15) is 10.4 Å². The van der Waals surface area contributed by atoms with E-state index in [1.165, 1.54) is 18.3 Å². The van der Waals surface area contributed by atoms with Crippen LogP contribution in [0, 0.1) is 17.2 Å². The van der Waals surface area contributed by atoms with Gasteiger partial charge in [-0.3, -0.25) is 9.59 Å². The van der Waals surface area contributed by atoms with Crippen LogP contribution in [0.2, 0.25) is 10.0 Å². The van der Waals surface area contributed by atoms with E-state index >= 15 is 0 Å². The molecule has 7 nitrogen and oxygen atoms in total. The average molecular weight is 523 g/mol. The minimum Gasteiger partial charge on any atom is -0.489 e. The van der Waals surface area contributed by atoms with Crippen LogP contribution < -0.4 is 15.5 Å². The Morgan fingerprint density at radius 3 is 2.47 bits per heavy atom. The fourth-order valence-corrected chi connectivity index (χ4v) is 3.73. The Labute approximate surface area is 219 Å². The quantitative estimate of drug-likeness (QED) is 0.292. The summed E-state index contributed by atoms with van der Waals surface area (Å²) >= 11 is 12.0. The molecule has 184 valence electrons. The molecule has 3 aromatic carbocycles. The van der Waals surface area contributed by atoms with Crippen molar-refractivity contribution in [3.05, 3.63) is 99.0 Å². The maximum Gasteiger partial charge on any atom is 0.262 e. The lowest BCUT2D eigenvalue weighted by Crippen LogP contribution is -2.48. The van der Waals surface area contributed by atoms with Crippen LogP contribution in [0.1, 0.15) is 40.9 Å². The first-order valence-corrected chi connectivity index (χ1v) is 11.8. The van der Waals surface area contributed by atoms with E-state index in [2.05, 4.69) is 21.9 Å². The second-order valence-corrected chi connectivity index (χ2v) is 9.02. The van der Waals surface area contributed by atoms with E-state index in [1.54, 1.807) is 36.4 Å². The number of halogens is 2. The largest absolute Gasteiger partial charge is 0.489 e. The fraction of sp³-hybridized carbons (Fsp3) is 0.185. The van der Waals surface area contributed by atoms with Crippen molar-refractivity contribution in [2.45, 2.75) is 26.5 Å². The van der Waals surface area contributed by atoms with Crippen molar-refractivity contribution in [2.24, 2.45) is 11.0 Å². The third kappa shape index (κ3) is 7.32. The summed E-state index contributed by atoms with van der Waals surface area (Å²) in [5.74, 6) is -0.511. The normalized spacial score (nSPS) is 11.7. The number of nitriles is 1. The van der Waals surface area contributed by atoms with Crippen LogP contribution in [0.25, 0.3) is 0 Å². The van der Waals surface area contributed by atoms with Crippen LogP contribution in [-0.2, 0) is 11.4 Å². The molecule has 0 fully saturated rings. The lowest BCUT2D eigenvalue weighted by atomic mass is 10.0. The molecule has 0 saturated heterocycles. The lowest BCUT2D eigenvalue weighted by molar-refractivity contribution is -0.123. The van der Waals surface area contributed by atoms with Gasteiger partial charge >= 0.3 is 0 Å². The zero-order valence-corrected chi connectivity index (χ0v) is 21.2. The number of carbonyl (C=O) groups is 2. The van der Waals surface area contributed by atoms with Gasteiger partial charge in [0.05, 0.1) is 28.4 Å². The van der Waals surface area contributed by atoms with Crippen LogP contribution in [-0.4, -0.2) is 24.1 Å².